The first-order valence-electron chi connectivity index (χ1n) is 7.28. The molecule has 0 spiro atoms. The van der Waals surface area contributed by atoms with E-state index in [4.69, 9.17) is 4.74 Å². The normalized spacial score (nSPS) is 12.7. The fourth-order valence-electron chi connectivity index (χ4n) is 2.30. The van der Waals surface area contributed by atoms with Gasteiger partial charge in [0.2, 0.25) is 0 Å². The molecule has 1 aromatic carbocycles. The van der Waals surface area contributed by atoms with Crippen LogP contribution in [0.5, 0.6) is 5.75 Å². The number of para-hydroxylation sites is 1. The molecule has 0 fully saturated rings. The summed E-state index contributed by atoms with van der Waals surface area (Å²) in [5, 5.41) is 3.58. The zero-order valence-corrected chi connectivity index (χ0v) is 12.8. The summed E-state index contributed by atoms with van der Waals surface area (Å²) in [7, 11) is 1.73. The molecular weight excluding hydrogens is 236 g/mol. The first-order chi connectivity index (χ1) is 9.21. The van der Waals surface area contributed by atoms with E-state index in [1.54, 1.807) is 7.11 Å². The Morgan fingerprint density at radius 1 is 1.21 bits per heavy atom. The number of nitrogens with one attached hydrogen (secondary N) is 1. The highest BCUT2D eigenvalue weighted by molar-refractivity contribution is 5.33. The minimum absolute atomic E-state index is 0.523. The first-order valence-corrected chi connectivity index (χ1v) is 7.28. The monoisotopic (exact) mass is 264 g/mol. The van der Waals surface area contributed by atoms with Gasteiger partial charge >= 0.3 is 0 Å². The van der Waals surface area contributed by atoms with Crippen LogP contribution in [0.3, 0.4) is 0 Å². The molecule has 108 valence electrons. The van der Waals surface area contributed by atoms with E-state index in [2.05, 4.69) is 43.1 Å². The van der Waals surface area contributed by atoms with Gasteiger partial charge in [-0.05, 0) is 44.6 Å². The first kappa shape index (κ1) is 16.0. The van der Waals surface area contributed by atoms with E-state index in [-0.39, 0.29) is 0 Å². The quantitative estimate of drug-likeness (QED) is 0.742. The van der Waals surface area contributed by atoms with Gasteiger partial charge in [0, 0.05) is 12.6 Å². The molecule has 0 aliphatic rings. The topological polar surface area (TPSA) is 24.5 Å². The van der Waals surface area contributed by atoms with E-state index in [9.17, 15) is 0 Å². The molecule has 0 radical (unpaired) electrons. The zero-order valence-electron chi connectivity index (χ0n) is 12.8. The maximum Gasteiger partial charge on any atom is 0.122 e. The smallest absolute Gasteiger partial charge is 0.122 e. The summed E-state index contributed by atoms with van der Waals surface area (Å²) >= 11 is 0. The van der Waals surface area contributed by atoms with Crippen LogP contribution in [0.4, 0.5) is 0 Å². The number of hydrogen-bond donors (Lipinski definition) is 1. The molecule has 1 rings (SSSR count). The summed E-state index contributed by atoms with van der Waals surface area (Å²) in [6.07, 6.45) is 1.01. The van der Waals surface area contributed by atoms with Crippen LogP contribution in [0.1, 0.15) is 26.3 Å². The Morgan fingerprint density at radius 3 is 2.53 bits per heavy atom. The Bertz CT molecular complexity index is 350. The molecule has 1 unspecified atom stereocenters. The lowest BCUT2D eigenvalue weighted by atomic mass is 10.1. The number of rotatable bonds is 9. The second-order valence-corrected chi connectivity index (χ2v) is 4.90. The van der Waals surface area contributed by atoms with Crippen molar-refractivity contribution in [1.82, 2.24) is 10.2 Å². The SMILES string of the molecule is CCN(CC)CC(C)NCCc1ccccc1OC. The van der Waals surface area contributed by atoms with Crippen molar-refractivity contribution in [3.63, 3.8) is 0 Å². The third-order valence-electron chi connectivity index (χ3n) is 3.51. The van der Waals surface area contributed by atoms with Gasteiger partial charge in [-0.2, -0.15) is 0 Å². The third-order valence-corrected chi connectivity index (χ3v) is 3.51. The van der Waals surface area contributed by atoms with Crippen molar-refractivity contribution >= 4 is 0 Å². The van der Waals surface area contributed by atoms with Crippen LogP contribution in [0.25, 0.3) is 0 Å². The molecule has 0 saturated heterocycles. The molecule has 1 N–H and O–H groups in total. The minimum atomic E-state index is 0.523. The van der Waals surface area contributed by atoms with Gasteiger partial charge in [-0.1, -0.05) is 32.0 Å². The molecule has 3 nitrogen and oxygen atoms in total. The lowest BCUT2D eigenvalue weighted by molar-refractivity contribution is 0.272. The number of nitrogens with zero attached hydrogens (tertiary/aromatic N) is 1. The number of likely N-dealkylation sites (N-methyl/N-ethyl adjacent to an activating group) is 1. The highest BCUT2D eigenvalue weighted by Crippen LogP contribution is 2.17. The molecule has 0 aromatic heterocycles. The van der Waals surface area contributed by atoms with Crippen molar-refractivity contribution in [1.29, 1.82) is 0 Å². The van der Waals surface area contributed by atoms with Gasteiger partial charge in [0.25, 0.3) is 0 Å². The summed E-state index contributed by atoms with van der Waals surface area (Å²) in [5.74, 6) is 0.987. The summed E-state index contributed by atoms with van der Waals surface area (Å²) in [5.41, 5.74) is 1.27. The summed E-state index contributed by atoms with van der Waals surface area (Å²) < 4.78 is 5.37. The van der Waals surface area contributed by atoms with E-state index >= 15 is 0 Å². The Balaban J connectivity index is 2.33. The summed E-state index contributed by atoms with van der Waals surface area (Å²) in [6, 6.07) is 8.76. The average molecular weight is 264 g/mol. The van der Waals surface area contributed by atoms with Gasteiger partial charge < -0.3 is 15.0 Å². The fourth-order valence-corrected chi connectivity index (χ4v) is 2.30. The largest absolute Gasteiger partial charge is 0.496 e. The van der Waals surface area contributed by atoms with Crippen LogP contribution < -0.4 is 10.1 Å². The van der Waals surface area contributed by atoms with E-state index in [0.29, 0.717) is 6.04 Å². The van der Waals surface area contributed by atoms with Crippen molar-refractivity contribution in [3.8, 4) is 5.75 Å². The highest BCUT2D eigenvalue weighted by atomic mass is 16.5. The Kier molecular flexibility index (Phi) is 7.53. The van der Waals surface area contributed by atoms with Crippen LogP contribution in [0.15, 0.2) is 24.3 Å². The van der Waals surface area contributed by atoms with Crippen molar-refractivity contribution < 1.29 is 4.74 Å². The lowest BCUT2D eigenvalue weighted by Gasteiger charge is -2.23. The fraction of sp³-hybridized carbons (Fsp3) is 0.625. The molecule has 0 amide bonds. The van der Waals surface area contributed by atoms with E-state index in [1.165, 1.54) is 5.56 Å². The Labute approximate surface area is 118 Å². The van der Waals surface area contributed by atoms with E-state index in [1.807, 2.05) is 12.1 Å². The van der Waals surface area contributed by atoms with Crippen LogP contribution in [-0.4, -0.2) is 44.2 Å². The molecule has 0 bridgehead atoms. The van der Waals surface area contributed by atoms with Crippen molar-refractivity contribution in [2.75, 3.05) is 33.3 Å². The predicted octanol–water partition coefficient (Wildman–Crippen LogP) is 2.56. The van der Waals surface area contributed by atoms with Gasteiger partial charge in [0.1, 0.15) is 5.75 Å². The van der Waals surface area contributed by atoms with Crippen LogP contribution >= 0.6 is 0 Å². The second-order valence-electron chi connectivity index (χ2n) is 4.90. The predicted molar refractivity (Wildman–Crippen MR) is 82.0 cm³/mol. The van der Waals surface area contributed by atoms with Crippen LogP contribution in [-0.2, 0) is 6.42 Å². The van der Waals surface area contributed by atoms with Gasteiger partial charge in [-0.15, -0.1) is 0 Å². The van der Waals surface area contributed by atoms with E-state index < -0.39 is 0 Å². The lowest BCUT2D eigenvalue weighted by Crippen LogP contribution is -2.39. The highest BCUT2D eigenvalue weighted by Gasteiger charge is 2.07. The van der Waals surface area contributed by atoms with Crippen molar-refractivity contribution in [2.24, 2.45) is 0 Å². The number of methoxy groups -OCH3 is 1. The molecule has 3 heteroatoms. The average Bonchev–Trinajstić information content (AvgIpc) is 2.45. The summed E-state index contributed by atoms with van der Waals surface area (Å²) in [4.78, 5) is 2.45. The molecular formula is C16H28N2O. The molecule has 1 aromatic rings. The summed E-state index contributed by atoms with van der Waals surface area (Å²) in [6.45, 7) is 11.0. The van der Waals surface area contributed by atoms with Gasteiger partial charge in [0.15, 0.2) is 0 Å². The van der Waals surface area contributed by atoms with Crippen LogP contribution in [0, 0.1) is 0 Å². The Morgan fingerprint density at radius 2 is 1.89 bits per heavy atom. The molecule has 1 atom stereocenters. The zero-order chi connectivity index (χ0) is 14.1. The maximum absolute atomic E-state index is 5.37. The van der Waals surface area contributed by atoms with Crippen molar-refractivity contribution in [2.45, 2.75) is 33.2 Å². The second kappa shape index (κ2) is 8.94. The van der Waals surface area contributed by atoms with E-state index in [0.717, 1.165) is 38.3 Å². The Hall–Kier alpha value is -1.06. The minimum Gasteiger partial charge on any atom is -0.496 e. The van der Waals surface area contributed by atoms with Gasteiger partial charge in [0.05, 0.1) is 7.11 Å². The number of benzene rings is 1. The molecule has 0 heterocycles. The number of ether oxygens (including phenoxy) is 1. The van der Waals surface area contributed by atoms with Crippen LogP contribution in [0.2, 0.25) is 0 Å². The molecule has 0 aliphatic heterocycles. The molecule has 0 aliphatic carbocycles. The van der Waals surface area contributed by atoms with Gasteiger partial charge in [-0.3, -0.25) is 0 Å². The van der Waals surface area contributed by atoms with Crippen molar-refractivity contribution in [3.05, 3.63) is 29.8 Å². The van der Waals surface area contributed by atoms with Gasteiger partial charge in [-0.25, -0.2) is 0 Å². The third kappa shape index (κ3) is 5.62. The standard InChI is InChI=1S/C16H28N2O/c1-5-18(6-2)13-14(3)17-12-11-15-9-7-8-10-16(15)19-4/h7-10,14,17H,5-6,11-13H2,1-4H3. The molecule has 0 saturated carbocycles. The maximum atomic E-state index is 5.37. The molecule has 19 heavy (non-hydrogen) atoms. The number of hydrogen-bond acceptors (Lipinski definition) is 3.